The number of non-ortho nitro benzene ring substituents is 1. The molecule has 1 aliphatic rings. The van der Waals surface area contributed by atoms with E-state index in [9.17, 15) is 19.7 Å². The van der Waals surface area contributed by atoms with Crippen molar-refractivity contribution >= 4 is 28.9 Å². The van der Waals surface area contributed by atoms with Crippen LogP contribution < -0.4 is 10.2 Å². The number of anilines is 2. The van der Waals surface area contributed by atoms with Gasteiger partial charge in [0.25, 0.3) is 17.5 Å². The second-order valence-electron chi connectivity index (χ2n) is 6.89. The Bertz CT molecular complexity index is 920. The van der Waals surface area contributed by atoms with Crippen LogP contribution in [0, 0.1) is 10.1 Å². The standard InChI is InChI=1S/C20H22N4O4/c1-22(2)18-9-8-15(13-17(18)20(26)23-10-3-4-11-23)21-19(25)14-6-5-7-16(12-14)24(27)28/h5-9,12-13H,3-4,10-11H2,1-2H3,(H,21,25). The minimum absolute atomic E-state index is 0.0624. The summed E-state index contributed by atoms with van der Waals surface area (Å²) in [5, 5.41) is 13.6. The van der Waals surface area contributed by atoms with Crippen molar-refractivity contribution in [3.8, 4) is 0 Å². The number of nitro groups is 1. The van der Waals surface area contributed by atoms with E-state index in [1.54, 1.807) is 18.2 Å². The Hall–Kier alpha value is -3.42. The quantitative estimate of drug-likeness (QED) is 0.633. The predicted octanol–water partition coefficient (Wildman–Crippen LogP) is 3.15. The number of likely N-dealkylation sites (tertiary alicyclic amines) is 1. The fraction of sp³-hybridized carbons (Fsp3) is 0.300. The Balaban J connectivity index is 1.87. The van der Waals surface area contributed by atoms with Crippen LogP contribution in [0.25, 0.3) is 0 Å². The summed E-state index contributed by atoms with van der Waals surface area (Å²) >= 11 is 0. The number of rotatable bonds is 5. The number of carbonyl (C=O) groups is 2. The van der Waals surface area contributed by atoms with Gasteiger partial charge in [-0.25, -0.2) is 0 Å². The summed E-state index contributed by atoms with van der Waals surface area (Å²) in [4.78, 5) is 39.4. The monoisotopic (exact) mass is 382 g/mol. The maximum absolute atomic E-state index is 12.9. The topological polar surface area (TPSA) is 95.8 Å². The largest absolute Gasteiger partial charge is 0.377 e. The van der Waals surface area contributed by atoms with Crippen LogP contribution in [0.3, 0.4) is 0 Å². The van der Waals surface area contributed by atoms with Crippen LogP contribution in [0.5, 0.6) is 0 Å². The molecule has 0 unspecified atom stereocenters. The average Bonchev–Trinajstić information content (AvgIpc) is 3.22. The molecule has 0 atom stereocenters. The molecular weight excluding hydrogens is 360 g/mol. The van der Waals surface area contributed by atoms with E-state index >= 15 is 0 Å². The molecule has 2 aromatic rings. The van der Waals surface area contributed by atoms with Gasteiger partial charge in [0.05, 0.1) is 10.5 Å². The van der Waals surface area contributed by atoms with Gasteiger partial charge in [-0.1, -0.05) is 6.07 Å². The fourth-order valence-corrected chi connectivity index (χ4v) is 3.23. The van der Waals surface area contributed by atoms with Crippen molar-refractivity contribution in [2.24, 2.45) is 0 Å². The first-order valence-corrected chi connectivity index (χ1v) is 9.03. The number of benzene rings is 2. The number of hydrogen-bond acceptors (Lipinski definition) is 5. The lowest BCUT2D eigenvalue weighted by atomic mass is 10.1. The summed E-state index contributed by atoms with van der Waals surface area (Å²) in [5.41, 5.74) is 1.78. The highest BCUT2D eigenvalue weighted by Gasteiger charge is 2.23. The fourth-order valence-electron chi connectivity index (χ4n) is 3.23. The third kappa shape index (κ3) is 4.11. The summed E-state index contributed by atoms with van der Waals surface area (Å²) in [5.74, 6) is -0.534. The Morgan fingerprint density at radius 2 is 1.82 bits per heavy atom. The van der Waals surface area contributed by atoms with E-state index in [0.29, 0.717) is 11.3 Å². The predicted molar refractivity (Wildman–Crippen MR) is 107 cm³/mol. The van der Waals surface area contributed by atoms with Crippen LogP contribution in [-0.4, -0.2) is 48.8 Å². The van der Waals surface area contributed by atoms with Crippen LogP contribution in [0.2, 0.25) is 0 Å². The molecule has 0 aromatic heterocycles. The smallest absolute Gasteiger partial charge is 0.270 e. The van der Waals surface area contributed by atoms with Crippen molar-refractivity contribution in [2.45, 2.75) is 12.8 Å². The van der Waals surface area contributed by atoms with Crippen molar-refractivity contribution in [1.29, 1.82) is 0 Å². The van der Waals surface area contributed by atoms with Crippen LogP contribution >= 0.6 is 0 Å². The highest BCUT2D eigenvalue weighted by molar-refractivity contribution is 6.06. The van der Waals surface area contributed by atoms with Gasteiger partial charge in [-0.15, -0.1) is 0 Å². The molecule has 1 aliphatic heterocycles. The zero-order valence-electron chi connectivity index (χ0n) is 15.8. The molecule has 146 valence electrons. The van der Waals surface area contributed by atoms with E-state index in [4.69, 9.17) is 0 Å². The number of nitrogens with zero attached hydrogens (tertiary/aromatic N) is 3. The molecule has 3 rings (SSSR count). The Morgan fingerprint density at radius 3 is 2.46 bits per heavy atom. The van der Waals surface area contributed by atoms with E-state index in [1.165, 1.54) is 24.3 Å². The zero-order valence-corrected chi connectivity index (χ0v) is 15.8. The lowest BCUT2D eigenvalue weighted by Crippen LogP contribution is -2.29. The van der Waals surface area contributed by atoms with Crippen LogP contribution in [-0.2, 0) is 0 Å². The Labute approximate surface area is 162 Å². The average molecular weight is 382 g/mol. The van der Waals surface area contributed by atoms with Gasteiger partial charge in [0.1, 0.15) is 0 Å². The molecule has 0 saturated carbocycles. The van der Waals surface area contributed by atoms with Crippen molar-refractivity contribution in [3.63, 3.8) is 0 Å². The van der Waals surface area contributed by atoms with Crippen molar-refractivity contribution in [2.75, 3.05) is 37.4 Å². The van der Waals surface area contributed by atoms with Gasteiger partial charge in [-0.05, 0) is 37.1 Å². The molecule has 0 bridgehead atoms. The highest BCUT2D eigenvalue weighted by Crippen LogP contribution is 2.26. The van der Waals surface area contributed by atoms with Crippen LogP contribution in [0.1, 0.15) is 33.6 Å². The second kappa shape index (κ2) is 8.08. The van der Waals surface area contributed by atoms with Gasteiger partial charge < -0.3 is 15.1 Å². The van der Waals surface area contributed by atoms with Gasteiger partial charge in [0, 0.05) is 56.3 Å². The molecule has 0 aliphatic carbocycles. The normalized spacial score (nSPS) is 13.3. The first-order chi connectivity index (χ1) is 13.4. The zero-order chi connectivity index (χ0) is 20.3. The van der Waals surface area contributed by atoms with Gasteiger partial charge in [0.15, 0.2) is 0 Å². The van der Waals surface area contributed by atoms with E-state index in [-0.39, 0.29) is 17.2 Å². The van der Waals surface area contributed by atoms with Gasteiger partial charge in [-0.2, -0.15) is 0 Å². The third-order valence-electron chi connectivity index (χ3n) is 4.68. The van der Waals surface area contributed by atoms with E-state index in [1.807, 2.05) is 23.9 Å². The van der Waals surface area contributed by atoms with Gasteiger partial charge in [0.2, 0.25) is 0 Å². The maximum atomic E-state index is 12.9. The number of nitro benzene ring substituents is 1. The third-order valence-corrected chi connectivity index (χ3v) is 4.68. The van der Waals surface area contributed by atoms with Crippen molar-refractivity contribution < 1.29 is 14.5 Å². The number of hydrogen-bond donors (Lipinski definition) is 1. The van der Waals surface area contributed by atoms with Crippen molar-refractivity contribution in [1.82, 2.24) is 4.90 Å². The molecule has 2 amide bonds. The molecule has 1 N–H and O–H groups in total. The minimum atomic E-state index is -0.546. The molecule has 1 fully saturated rings. The van der Waals surface area contributed by atoms with E-state index < -0.39 is 10.8 Å². The van der Waals surface area contributed by atoms with Gasteiger partial charge in [-0.3, -0.25) is 19.7 Å². The summed E-state index contributed by atoms with van der Waals surface area (Å²) in [6, 6.07) is 10.7. The molecule has 1 saturated heterocycles. The number of nitrogens with one attached hydrogen (secondary N) is 1. The van der Waals surface area contributed by atoms with E-state index in [2.05, 4.69) is 5.32 Å². The Morgan fingerprint density at radius 1 is 1.11 bits per heavy atom. The molecule has 8 nitrogen and oxygen atoms in total. The summed E-state index contributed by atoms with van der Waals surface area (Å²) < 4.78 is 0. The lowest BCUT2D eigenvalue weighted by Gasteiger charge is -2.22. The molecule has 2 aromatic carbocycles. The summed E-state index contributed by atoms with van der Waals surface area (Å²) in [6.07, 6.45) is 1.98. The molecule has 1 heterocycles. The minimum Gasteiger partial charge on any atom is -0.377 e. The molecule has 0 radical (unpaired) electrons. The number of carbonyl (C=O) groups excluding carboxylic acids is 2. The molecule has 0 spiro atoms. The van der Waals surface area contributed by atoms with E-state index in [0.717, 1.165) is 31.6 Å². The number of amides is 2. The van der Waals surface area contributed by atoms with Gasteiger partial charge >= 0.3 is 0 Å². The maximum Gasteiger partial charge on any atom is 0.270 e. The first kappa shape index (κ1) is 19.3. The van der Waals surface area contributed by atoms with Crippen LogP contribution in [0.4, 0.5) is 17.1 Å². The second-order valence-corrected chi connectivity index (χ2v) is 6.89. The first-order valence-electron chi connectivity index (χ1n) is 9.03. The summed E-state index contributed by atoms with van der Waals surface area (Å²) in [7, 11) is 3.72. The van der Waals surface area contributed by atoms with Crippen LogP contribution in [0.15, 0.2) is 42.5 Å². The lowest BCUT2D eigenvalue weighted by molar-refractivity contribution is -0.384. The summed E-state index contributed by atoms with van der Waals surface area (Å²) in [6.45, 7) is 1.46. The highest BCUT2D eigenvalue weighted by atomic mass is 16.6. The molecule has 8 heteroatoms. The SMILES string of the molecule is CN(C)c1ccc(NC(=O)c2cccc([N+](=O)[O-])c2)cc1C(=O)N1CCCC1. The van der Waals surface area contributed by atoms with Crippen molar-refractivity contribution in [3.05, 3.63) is 63.7 Å². The molecule has 28 heavy (non-hydrogen) atoms. The Kier molecular flexibility index (Phi) is 5.58. The molecular formula is C20H22N4O4.